The van der Waals surface area contributed by atoms with Crippen LogP contribution in [-0.4, -0.2) is 51.8 Å². The number of amides is 1. The Morgan fingerprint density at radius 2 is 2.26 bits per heavy atom. The quantitative estimate of drug-likeness (QED) is 0.749. The standard InChI is InChI=1S/C14H16N2O3/c17-8-1-2-11-10-15-6-5-13(11)14(19)16(7-9-18)12-3-4-12/h5-6,10,12,17-18H,3-4,7-9H2. The molecule has 0 unspecified atom stereocenters. The van der Waals surface area contributed by atoms with Gasteiger partial charge < -0.3 is 15.1 Å². The molecule has 2 rings (SSSR count). The molecule has 0 spiro atoms. The fourth-order valence-electron chi connectivity index (χ4n) is 1.91. The van der Waals surface area contributed by atoms with Crippen LogP contribution in [0.25, 0.3) is 0 Å². The Labute approximate surface area is 111 Å². The molecule has 100 valence electrons. The number of nitrogens with zero attached hydrogens (tertiary/aromatic N) is 2. The molecule has 2 N–H and O–H groups in total. The van der Waals surface area contributed by atoms with Crippen molar-refractivity contribution in [3.63, 3.8) is 0 Å². The van der Waals surface area contributed by atoms with Crippen LogP contribution in [0.15, 0.2) is 18.5 Å². The van der Waals surface area contributed by atoms with Crippen molar-refractivity contribution in [3.8, 4) is 11.8 Å². The summed E-state index contributed by atoms with van der Waals surface area (Å²) in [5.74, 6) is 5.11. The Hall–Kier alpha value is -1.90. The van der Waals surface area contributed by atoms with E-state index in [9.17, 15) is 4.79 Å². The van der Waals surface area contributed by atoms with E-state index in [0.717, 1.165) is 12.8 Å². The average molecular weight is 260 g/mol. The molecule has 1 heterocycles. The lowest BCUT2D eigenvalue weighted by Crippen LogP contribution is -2.35. The number of rotatable bonds is 4. The number of hydrogen-bond donors (Lipinski definition) is 2. The lowest BCUT2D eigenvalue weighted by molar-refractivity contribution is 0.0707. The highest BCUT2D eigenvalue weighted by atomic mass is 16.3. The van der Waals surface area contributed by atoms with Gasteiger partial charge in [-0.25, -0.2) is 0 Å². The molecular formula is C14H16N2O3. The zero-order chi connectivity index (χ0) is 13.7. The Bertz CT molecular complexity index is 515. The number of aliphatic hydroxyl groups is 2. The van der Waals surface area contributed by atoms with Gasteiger partial charge in [-0.05, 0) is 18.9 Å². The highest BCUT2D eigenvalue weighted by Crippen LogP contribution is 2.28. The van der Waals surface area contributed by atoms with Gasteiger partial charge >= 0.3 is 0 Å². The van der Waals surface area contributed by atoms with Crippen LogP contribution < -0.4 is 0 Å². The molecule has 1 aliphatic rings. The van der Waals surface area contributed by atoms with Crippen LogP contribution in [0, 0.1) is 11.8 Å². The number of carbonyl (C=O) groups is 1. The lowest BCUT2D eigenvalue weighted by Gasteiger charge is -2.21. The molecule has 0 atom stereocenters. The van der Waals surface area contributed by atoms with Crippen LogP contribution in [0.1, 0.15) is 28.8 Å². The first-order valence-electron chi connectivity index (χ1n) is 6.23. The van der Waals surface area contributed by atoms with Crippen molar-refractivity contribution in [3.05, 3.63) is 29.6 Å². The summed E-state index contributed by atoms with van der Waals surface area (Å²) in [4.78, 5) is 18.1. The maximum Gasteiger partial charge on any atom is 0.255 e. The average Bonchev–Trinajstić information content (AvgIpc) is 3.26. The molecule has 0 radical (unpaired) electrons. The van der Waals surface area contributed by atoms with E-state index in [1.807, 2.05) is 0 Å². The summed E-state index contributed by atoms with van der Waals surface area (Å²) >= 11 is 0. The predicted molar refractivity (Wildman–Crippen MR) is 69.3 cm³/mol. The second-order valence-electron chi connectivity index (χ2n) is 4.33. The maximum atomic E-state index is 12.5. The zero-order valence-electron chi connectivity index (χ0n) is 10.5. The molecule has 0 saturated heterocycles. The number of aromatic nitrogens is 1. The fraction of sp³-hybridized carbons (Fsp3) is 0.429. The summed E-state index contributed by atoms with van der Waals surface area (Å²) in [5, 5.41) is 17.8. The summed E-state index contributed by atoms with van der Waals surface area (Å²) in [6.45, 7) is 0.0230. The minimum Gasteiger partial charge on any atom is -0.395 e. The highest BCUT2D eigenvalue weighted by molar-refractivity contribution is 5.97. The summed E-state index contributed by atoms with van der Waals surface area (Å²) in [6.07, 6.45) is 5.02. The zero-order valence-corrected chi connectivity index (χ0v) is 10.5. The lowest BCUT2D eigenvalue weighted by atomic mass is 10.1. The Morgan fingerprint density at radius 1 is 1.47 bits per heavy atom. The Morgan fingerprint density at radius 3 is 2.89 bits per heavy atom. The smallest absolute Gasteiger partial charge is 0.255 e. The topological polar surface area (TPSA) is 73.7 Å². The maximum absolute atomic E-state index is 12.5. The van der Waals surface area contributed by atoms with Crippen molar-refractivity contribution in [2.75, 3.05) is 19.8 Å². The molecule has 0 aromatic carbocycles. The largest absolute Gasteiger partial charge is 0.395 e. The van der Waals surface area contributed by atoms with E-state index in [1.165, 1.54) is 6.20 Å². The van der Waals surface area contributed by atoms with Crippen molar-refractivity contribution in [1.82, 2.24) is 9.88 Å². The van der Waals surface area contributed by atoms with Crippen LogP contribution in [0.3, 0.4) is 0 Å². The first kappa shape index (κ1) is 13.5. The third-order valence-electron chi connectivity index (χ3n) is 2.94. The molecule has 1 amide bonds. The summed E-state index contributed by atoms with van der Waals surface area (Å²) in [6, 6.07) is 1.85. The predicted octanol–water partition coefficient (Wildman–Crippen LogP) is 0.0223. The van der Waals surface area contributed by atoms with Gasteiger partial charge in [0.05, 0.1) is 17.7 Å². The third-order valence-corrected chi connectivity index (χ3v) is 2.94. The van der Waals surface area contributed by atoms with Gasteiger partial charge in [0.15, 0.2) is 0 Å². The Kier molecular flexibility index (Phi) is 4.50. The van der Waals surface area contributed by atoms with Crippen LogP contribution in [0.5, 0.6) is 0 Å². The molecule has 5 heteroatoms. The highest BCUT2D eigenvalue weighted by Gasteiger charge is 2.33. The van der Waals surface area contributed by atoms with Crippen molar-refractivity contribution < 1.29 is 15.0 Å². The first-order valence-corrected chi connectivity index (χ1v) is 6.23. The van der Waals surface area contributed by atoms with Gasteiger partial charge in [0.1, 0.15) is 6.61 Å². The normalized spacial score (nSPS) is 13.6. The van der Waals surface area contributed by atoms with E-state index < -0.39 is 0 Å². The van der Waals surface area contributed by atoms with Crippen molar-refractivity contribution in [1.29, 1.82) is 0 Å². The molecule has 1 saturated carbocycles. The molecule has 0 aliphatic heterocycles. The molecule has 1 aromatic heterocycles. The van der Waals surface area contributed by atoms with Crippen molar-refractivity contribution >= 4 is 5.91 Å². The number of carbonyl (C=O) groups excluding carboxylic acids is 1. The molecule has 0 bridgehead atoms. The molecule has 1 aromatic rings. The minimum atomic E-state index is -0.258. The van der Waals surface area contributed by atoms with E-state index in [4.69, 9.17) is 10.2 Å². The van der Waals surface area contributed by atoms with Gasteiger partial charge in [-0.3, -0.25) is 9.78 Å². The van der Waals surface area contributed by atoms with Gasteiger partial charge in [0.25, 0.3) is 5.91 Å². The molecule has 1 aliphatic carbocycles. The number of hydrogen-bond acceptors (Lipinski definition) is 4. The van der Waals surface area contributed by atoms with Gasteiger partial charge in [-0.2, -0.15) is 0 Å². The fourth-order valence-corrected chi connectivity index (χ4v) is 1.91. The van der Waals surface area contributed by atoms with Gasteiger partial charge in [-0.15, -0.1) is 0 Å². The summed E-state index contributed by atoms with van der Waals surface area (Å²) in [5.41, 5.74) is 0.974. The van der Waals surface area contributed by atoms with Crippen molar-refractivity contribution in [2.45, 2.75) is 18.9 Å². The van der Waals surface area contributed by atoms with Crippen LogP contribution >= 0.6 is 0 Å². The summed E-state index contributed by atoms with van der Waals surface area (Å²) in [7, 11) is 0. The molecular weight excluding hydrogens is 244 g/mol. The first-order chi connectivity index (χ1) is 9.27. The summed E-state index contributed by atoms with van der Waals surface area (Å²) < 4.78 is 0. The Balaban J connectivity index is 2.26. The van der Waals surface area contributed by atoms with E-state index in [2.05, 4.69) is 16.8 Å². The number of aliphatic hydroxyl groups excluding tert-OH is 2. The monoisotopic (exact) mass is 260 g/mol. The number of pyridine rings is 1. The van der Waals surface area contributed by atoms with Crippen LogP contribution in [0.4, 0.5) is 0 Å². The SMILES string of the molecule is O=C(c1ccncc1C#CCO)N(CCO)C1CC1. The molecule has 5 nitrogen and oxygen atoms in total. The van der Waals surface area contributed by atoms with Crippen molar-refractivity contribution in [2.24, 2.45) is 0 Å². The van der Waals surface area contributed by atoms with E-state index in [0.29, 0.717) is 17.7 Å². The molecule has 1 fully saturated rings. The van der Waals surface area contributed by atoms with E-state index in [-0.39, 0.29) is 25.2 Å². The van der Waals surface area contributed by atoms with E-state index in [1.54, 1.807) is 17.2 Å². The molecule has 19 heavy (non-hydrogen) atoms. The minimum absolute atomic E-state index is 0.0506. The van der Waals surface area contributed by atoms with Gasteiger partial charge in [0.2, 0.25) is 0 Å². The van der Waals surface area contributed by atoms with E-state index >= 15 is 0 Å². The van der Waals surface area contributed by atoms with Gasteiger partial charge in [-0.1, -0.05) is 11.8 Å². The third kappa shape index (κ3) is 3.31. The van der Waals surface area contributed by atoms with Crippen LogP contribution in [-0.2, 0) is 0 Å². The second kappa shape index (κ2) is 6.32. The van der Waals surface area contributed by atoms with Crippen LogP contribution in [0.2, 0.25) is 0 Å². The second-order valence-corrected chi connectivity index (χ2v) is 4.33. The van der Waals surface area contributed by atoms with Gasteiger partial charge in [0, 0.05) is 25.0 Å².